The summed E-state index contributed by atoms with van der Waals surface area (Å²) < 4.78 is 10.7. The van der Waals surface area contributed by atoms with Crippen molar-refractivity contribution >= 4 is 29.7 Å². The Morgan fingerprint density at radius 1 is 1.05 bits per heavy atom. The number of hydrogen-bond acceptors (Lipinski definition) is 8. The maximum atomic E-state index is 13.5. The molecule has 1 aromatic carbocycles. The molecule has 3 amide bonds. The molecule has 1 saturated heterocycles. The second kappa shape index (κ2) is 15.1. The zero-order chi connectivity index (χ0) is 28.1. The molecule has 0 saturated carbocycles. The van der Waals surface area contributed by atoms with Crippen molar-refractivity contribution in [3.63, 3.8) is 0 Å². The van der Waals surface area contributed by atoms with Crippen LogP contribution in [0.3, 0.4) is 0 Å². The summed E-state index contributed by atoms with van der Waals surface area (Å²) in [6.45, 7) is 5.30. The molecule has 11 nitrogen and oxygen atoms in total. The van der Waals surface area contributed by atoms with E-state index in [-0.39, 0.29) is 44.7 Å². The highest BCUT2D eigenvalue weighted by Gasteiger charge is 2.32. The lowest BCUT2D eigenvalue weighted by Crippen LogP contribution is -2.56. The molecule has 0 unspecified atom stereocenters. The van der Waals surface area contributed by atoms with Crippen LogP contribution in [0.25, 0.3) is 0 Å². The number of carbonyl (C=O) groups excluding carboxylic acids is 5. The summed E-state index contributed by atoms with van der Waals surface area (Å²) in [5.74, 6) is -2.41. The molecule has 38 heavy (non-hydrogen) atoms. The fourth-order valence-electron chi connectivity index (χ4n) is 3.90. The minimum atomic E-state index is -0.978. The summed E-state index contributed by atoms with van der Waals surface area (Å²) in [4.78, 5) is 63.5. The van der Waals surface area contributed by atoms with Crippen LogP contribution in [0.2, 0.25) is 0 Å². The topological polar surface area (TPSA) is 152 Å². The Bertz CT molecular complexity index is 962. The van der Waals surface area contributed by atoms with E-state index in [2.05, 4.69) is 21.3 Å². The van der Waals surface area contributed by atoms with Crippen LogP contribution < -0.4 is 21.3 Å². The second-order valence-corrected chi connectivity index (χ2v) is 10.2. The Kier molecular flexibility index (Phi) is 12.2. The molecule has 1 heterocycles. The molecule has 210 valence electrons. The van der Waals surface area contributed by atoms with Gasteiger partial charge in [0.25, 0.3) is 0 Å². The normalized spacial score (nSPS) is 22.4. The summed E-state index contributed by atoms with van der Waals surface area (Å²) in [6, 6.07) is 6.73. The van der Waals surface area contributed by atoms with Gasteiger partial charge in [-0.05, 0) is 52.0 Å². The van der Waals surface area contributed by atoms with Gasteiger partial charge in [-0.15, -0.1) is 0 Å². The summed E-state index contributed by atoms with van der Waals surface area (Å²) in [5.41, 5.74) is 0.222. The Morgan fingerprint density at radius 2 is 1.74 bits per heavy atom. The number of likely N-dealkylation sites (N-methyl/N-ethyl adjacent to an activating group) is 1. The van der Waals surface area contributed by atoms with Crippen LogP contribution in [0.1, 0.15) is 58.4 Å². The highest BCUT2D eigenvalue weighted by Crippen LogP contribution is 2.14. The zero-order valence-corrected chi connectivity index (χ0v) is 22.6. The molecule has 0 spiro atoms. The number of aryl methyl sites for hydroxylation is 1. The first kappa shape index (κ1) is 30.8. The lowest BCUT2D eigenvalue weighted by molar-refractivity contribution is -0.158. The third-order valence-corrected chi connectivity index (χ3v) is 5.84. The monoisotopic (exact) mass is 532 g/mol. The average molecular weight is 533 g/mol. The van der Waals surface area contributed by atoms with Gasteiger partial charge in [0.1, 0.15) is 24.3 Å². The van der Waals surface area contributed by atoms with Crippen molar-refractivity contribution in [3.8, 4) is 0 Å². The fraction of sp³-hybridized carbons (Fsp3) is 0.593. The smallest absolute Gasteiger partial charge is 0.323 e. The molecule has 11 heteroatoms. The molecule has 1 aliphatic rings. The standard InChI is InChI=1S/C27H40N4O7/c1-27(2,3)38-26(36)21-12-14-22(32)29-16-17-37-23(33)15-13-19(24(34)28-4)31-25(35)20(30-21)11-10-18-8-6-5-7-9-18/h5-9,19-21,30H,10-17H2,1-4H3,(H,28,34)(H,29,32)(H,31,35)/t19-,20-,21+/m0/s1. The molecule has 1 aromatic rings. The molecular formula is C27H40N4O7. The van der Waals surface area contributed by atoms with Crippen LogP contribution in [0.15, 0.2) is 30.3 Å². The SMILES string of the molecule is CNC(=O)[C@@H]1CCC(=O)OCCNC(=O)CC[C@H](C(=O)OC(C)(C)C)N[C@@H](CCc2ccccc2)C(=O)N1. The van der Waals surface area contributed by atoms with Gasteiger partial charge in [-0.25, -0.2) is 0 Å². The van der Waals surface area contributed by atoms with Crippen molar-refractivity contribution in [1.82, 2.24) is 21.3 Å². The average Bonchev–Trinajstić information content (AvgIpc) is 2.86. The van der Waals surface area contributed by atoms with Gasteiger partial charge >= 0.3 is 11.9 Å². The summed E-state index contributed by atoms with van der Waals surface area (Å²) >= 11 is 0. The Morgan fingerprint density at radius 3 is 2.39 bits per heavy atom. The van der Waals surface area contributed by atoms with Gasteiger partial charge in [0.15, 0.2) is 0 Å². The first-order chi connectivity index (χ1) is 18.0. The quantitative estimate of drug-likeness (QED) is 0.406. The van der Waals surface area contributed by atoms with E-state index in [9.17, 15) is 24.0 Å². The predicted molar refractivity (Wildman–Crippen MR) is 140 cm³/mol. The number of carbonyl (C=O) groups is 5. The zero-order valence-electron chi connectivity index (χ0n) is 22.6. The predicted octanol–water partition coefficient (Wildman–Crippen LogP) is 0.752. The number of hydrogen-bond donors (Lipinski definition) is 4. The molecule has 2 rings (SSSR count). The van der Waals surface area contributed by atoms with E-state index in [1.165, 1.54) is 7.05 Å². The Balaban J connectivity index is 2.34. The molecule has 1 aliphatic heterocycles. The van der Waals surface area contributed by atoms with Crippen molar-refractivity contribution < 1.29 is 33.4 Å². The van der Waals surface area contributed by atoms with Gasteiger partial charge in [-0.3, -0.25) is 29.3 Å². The van der Waals surface area contributed by atoms with E-state index < -0.39 is 47.5 Å². The minimum Gasteiger partial charge on any atom is -0.464 e. The van der Waals surface area contributed by atoms with Crippen molar-refractivity contribution in [2.75, 3.05) is 20.2 Å². The van der Waals surface area contributed by atoms with Crippen LogP contribution in [0, 0.1) is 0 Å². The molecule has 3 atom stereocenters. The third-order valence-electron chi connectivity index (χ3n) is 5.84. The van der Waals surface area contributed by atoms with Gasteiger partial charge in [0, 0.05) is 19.9 Å². The molecule has 0 bridgehead atoms. The lowest BCUT2D eigenvalue weighted by atomic mass is 10.0. The number of esters is 2. The number of rotatable bonds is 5. The fourth-order valence-corrected chi connectivity index (χ4v) is 3.90. The third kappa shape index (κ3) is 11.3. The summed E-state index contributed by atoms with van der Waals surface area (Å²) in [5, 5.41) is 11.0. The van der Waals surface area contributed by atoms with Crippen molar-refractivity contribution in [3.05, 3.63) is 35.9 Å². The molecule has 0 radical (unpaired) electrons. The van der Waals surface area contributed by atoms with E-state index in [0.717, 1.165) is 5.56 Å². The summed E-state index contributed by atoms with van der Waals surface area (Å²) in [6.07, 6.45) is 0.813. The first-order valence-corrected chi connectivity index (χ1v) is 13.0. The van der Waals surface area contributed by atoms with Gasteiger partial charge in [0.2, 0.25) is 17.7 Å². The van der Waals surface area contributed by atoms with Crippen LogP contribution in [0.4, 0.5) is 0 Å². The summed E-state index contributed by atoms with van der Waals surface area (Å²) in [7, 11) is 1.44. The van der Waals surface area contributed by atoms with E-state index in [0.29, 0.717) is 12.8 Å². The largest absolute Gasteiger partial charge is 0.464 e. The molecule has 0 aliphatic carbocycles. The van der Waals surface area contributed by atoms with Crippen LogP contribution >= 0.6 is 0 Å². The number of ether oxygens (including phenoxy) is 2. The van der Waals surface area contributed by atoms with Gasteiger partial charge < -0.3 is 25.4 Å². The van der Waals surface area contributed by atoms with E-state index >= 15 is 0 Å². The molecular weight excluding hydrogens is 492 g/mol. The molecule has 4 N–H and O–H groups in total. The van der Waals surface area contributed by atoms with Gasteiger partial charge in [-0.2, -0.15) is 0 Å². The van der Waals surface area contributed by atoms with E-state index in [1.54, 1.807) is 20.8 Å². The second-order valence-electron chi connectivity index (χ2n) is 10.2. The van der Waals surface area contributed by atoms with Crippen LogP contribution in [-0.2, 0) is 39.9 Å². The van der Waals surface area contributed by atoms with Crippen molar-refractivity contribution in [2.45, 2.75) is 83.0 Å². The number of amides is 3. The van der Waals surface area contributed by atoms with E-state index in [4.69, 9.17) is 9.47 Å². The minimum absolute atomic E-state index is 0.0151. The maximum absolute atomic E-state index is 13.5. The van der Waals surface area contributed by atoms with Crippen LogP contribution in [0.5, 0.6) is 0 Å². The Hall–Kier alpha value is -3.47. The van der Waals surface area contributed by atoms with Gasteiger partial charge in [0.05, 0.1) is 12.6 Å². The lowest BCUT2D eigenvalue weighted by Gasteiger charge is -2.29. The number of cyclic esters (lactones) is 1. The number of nitrogens with one attached hydrogen (secondary N) is 4. The highest BCUT2D eigenvalue weighted by molar-refractivity contribution is 5.90. The van der Waals surface area contributed by atoms with Crippen LogP contribution in [-0.4, -0.2) is 73.6 Å². The van der Waals surface area contributed by atoms with E-state index in [1.807, 2.05) is 30.3 Å². The van der Waals surface area contributed by atoms with Crippen molar-refractivity contribution in [1.29, 1.82) is 0 Å². The van der Waals surface area contributed by atoms with Gasteiger partial charge in [-0.1, -0.05) is 30.3 Å². The Labute approximate surface area is 223 Å². The van der Waals surface area contributed by atoms with Crippen molar-refractivity contribution in [2.24, 2.45) is 0 Å². The highest BCUT2D eigenvalue weighted by atomic mass is 16.6. The maximum Gasteiger partial charge on any atom is 0.323 e. The first-order valence-electron chi connectivity index (χ1n) is 13.0. The molecule has 0 aromatic heterocycles. The molecule has 1 fully saturated rings. The number of benzene rings is 1.